The molecular formula is C14H15NOS. The van der Waals surface area contributed by atoms with Crippen molar-refractivity contribution in [3.63, 3.8) is 0 Å². The van der Waals surface area contributed by atoms with Gasteiger partial charge in [-0.05, 0) is 24.0 Å². The largest absolute Gasteiger partial charge is 0.357 e. The maximum absolute atomic E-state index is 12.1. The molecule has 0 radical (unpaired) electrons. The molecule has 2 nitrogen and oxygen atoms in total. The number of nitrogens with one attached hydrogen (secondary N) is 1. The molecule has 1 N–H and O–H groups in total. The number of para-hydroxylation sites is 1. The van der Waals surface area contributed by atoms with Gasteiger partial charge in [-0.15, -0.1) is 0 Å². The Morgan fingerprint density at radius 2 is 2.00 bits per heavy atom. The van der Waals surface area contributed by atoms with Crippen LogP contribution in [0.1, 0.15) is 26.7 Å². The van der Waals surface area contributed by atoms with Gasteiger partial charge in [-0.25, -0.2) is 0 Å². The molecule has 1 aromatic carbocycles. The number of ketones is 1. The second-order valence-electron chi connectivity index (χ2n) is 5.47. The number of anilines is 1. The third-order valence-electron chi connectivity index (χ3n) is 3.21. The van der Waals surface area contributed by atoms with E-state index in [4.69, 9.17) is 0 Å². The van der Waals surface area contributed by atoms with Crippen molar-refractivity contribution in [3.05, 3.63) is 34.9 Å². The fourth-order valence-electron chi connectivity index (χ4n) is 2.46. The fraction of sp³-hybridized carbons (Fsp3) is 0.357. The van der Waals surface area contributed by atoms with Gasteiger partial charge < -0.3 is 5.32 Å². The molecule has 0 amide bonds. The molecule has 3 rings (SSSR count). The second kappa shape index (κ2) is 3.64. The third-order valence-corrected chi connectivity index (χ3v) is 4.46. The lowest BCUT2D eigenvalue weighted by Gasteiger charge is -2.35. The molecule has 0 bridgehead atoms. The number of Topliss-reactive ketones (excluding diaryl/α,β-unsaturated/α-hetero) is 1. The minimum atomic E-state index is 0.0791. The predicted molar refractivity (Wildman–Crippen MR) is 71.0 cm³/mol. The molecule has 1 aliphatic heterocycles. The SMILES string of the molecule is CC1(C)CC(=O)C2=C(C1)Nc1ccccc1S2. The van der Waals surface area contributed by atoms with Crippen molar-refractivity contribution in [2.75, 3.05) is 5.32 Å². The number of fused-ring (bicyclic) bond motifs is 1. The van der Waals surface area contributed by atoms with Crippen LogP contribution >= 0.6 is 11.8 Å². The molecule has 0 atom stereocenters. The lowest BCUT2D eigenvalue weighted by Crippen LogP contribution is -2.28. The van der Waals surface area contributed by atoms with E-state index in [-0.39, 0.29) is 11.2 Å². The summed E-state index contributed by atoms with van der Waals surface area (Å²) in [4.78, 5) is 14.2. The number of hydrogen-bond donors (Lipinski definition) is 1. The van der Waals surface area contributed by atoms with Crippen LogP contribution in [0.4, 0.5) is 5.69 Å². The summed E-state index contributed by atoms with van der Waals surface area (Å²) in [6.45, 7) is 4.31. The molecule has 0 unspecified atom stereocenters. The standard InChI is InChI=1S/C14H15NOS/c1-14(2)7-10-13(11(16)8-14)17-12-6-4-3-5-9(12)15-10/h3-6,15H,7-8H2,1-2H3. The van der Waals surface area contributed by atoms with Crippen LogP contribution in [0.5, 0.6) is 0 Å². The highest BCUT2D eigenvalue weighted by Gasteiger charge is 2.35. The van der Waals surface area contributed by atoms with Gasteiger partial charge in [0.2, 0.25) is 0 Å². The van der Waals surface area contributed by atoms with Gasteiger partial charge in [0.15, 0.2) is 5.78 Å². The van der Waals surface area contributed by atoms with Gasteiger partial charge in [0, 0.05) is 17.0 Å². The van der Waals surface area contributed by atoms with Crippen LogP contribution in [0.3, 0.4) is 0 Å². The molecular weight excluding hydrogens is 230 g/mol. The van der Waals surface area contributed by atoms with E-state index in [1.807, 2.05) is 12.1 Å². The van der Waals surface area contributed by atoms with Crippen LogP contribution in [-0.4, -0.2) is 5.78 Å². The summed E-state index contributed by atoms with van der Waals surface area (Å²) in [6, 6.07) is 8.16. The highest BCUT2D eigenvalue weighted by Crippen LogP contribution is 2.47. The van der Waals surface area contributed by atoms with Gasteiger partial charge in [0.1, 0.15) is 0 Å². The van der Waals surface area contributed by atoms with Crippen LogP contribution < -0.4 is 5.32 Å². The molecule has 2 aliphatic rings. The molecule has 0 aromatic heterocycles. The van der Waals surface area contributed by atoms with Crippen molar-refractivity contribution in [1.29, 1.82) is 0 Å². The maximum atomic E-state index is 12.1. The lowest BCUT2D eigenvalue weighted by molar-refractivity contribution is -0.117. The molecule has 1 heterocycles. The first-order valence-corrected chi connectivity index (χ1v) is 6.67. The first-order valence-electron chi connectivity index (χ1n) is 5.85. The Hall–Kier alpha value is -1.22. The van der Waals surface area contributed by atoms with Crippen molar-refractivity contribution in [3.8, 4) is 0 Å². The Labute approximate surface area is 105 Å². The molecule has 17 heavy (non-hydrogen) atoms. The number of benzene rings is 1. The summed E-state index contributed by atoms with van der Waals surface area (Å²) < 4.78 is 0. The van der Waals surface area contributed by atoms with Crippen LogP contribution in [0.2, 0.25) is 0 Å². The van der Waals surface area contributed by atoms with Crippen molar-refractivity contribution in [2.24, 2.45) is 5.41 Å². The number of allylic oxidation sites excluding steroid dienone is 2. The lowest BCUT2D eigenvalue weighted by atomic mass is 9.78. The van der Waals surface area contributed by atoms with E-state index in [2.05, 4.69) is 31.3 Å². The number of hydrogen-bond acceptors (Lipinski definition) is 3. The van der Waals surface area contributed by atoms with E-state index < -0.39 is 0 Å². The van der Waals surface area contributed by atoms with Crippen molar-refractivity contribution in [1.82, 2.24) is 0 Å². The normalized spacial score (nSPS) is 21.6. The van der Waals surface area contributed by atoms with E-state index >= 15 is 0 Å². The fourth-order valence-corrected chi connectivity index (χ4v) is 3.48. The van der Waals surface area contributed by atoms with Crippen LogP contribution in [0, 0.1) is 5.41 Å². The van der Waals surface area contributed by atoms with E-state index in [9.17, 15) is 4.79 Å². The number of carbonyl (C=O) groups is 1. The zero-order chi connectivity index (χ0) is 12.0. The molecule has 1 aromatic rings. The van der Waals surface area contributed by atoms with Gasteiger partial charge >= 0.3 is 0 Å². The Kier molecular flexibility index (Phi) is 2.33. The molecule has 1 aliphatic carbocycles. The van der Waals surface area contributed by atoms with E-state index in [1.165, 1.54) is 0 Å². The van der Waals surface area contributed by atoms with Crippen molar-refractivity contribution < 1.29 is 4.79 Å². The second-order valence-corrected chi connectivity index (χ2v) is 6.52. The first kappa shape index (κ1) is 10.9. The van der Waals surface area contributed by atoms with E-state index in [0.717, 1.165) is 27.6 Å². The molecule has 0 saturated heterocycles. The van der Waals surface area contributed by atoms with E-state index in [0.29, 0.717) is 6.42 Å². The maximum Gasteiger partial charge on any atom is 0.171 e. The zero-order valence-corrected chi connectivity index (χ0v) is 10.9. The summed E-state index contributed by atoms with van der Waals surface area (Å²) in [5, 5.41) is 3.42. The average Bonchev–Trinajstić information content (AvgIpc) is 2.25. The Bertz CT molecular complexity index is 531. The number of rotatable bonds is 0. The van der Waals surface area contributed by atoms with Gasteiger partial charge in [-0.2, -0.15) is 0 Å². The van der Waals surface area contributed by atoms with Gasteiger partial charge in [0.25, 0.3) is 0 Å². The Morgan fingerprint density at radius 1 is 1.24 bits per heavy atom. The van der Waals surface area contributed by atoms with Crippen LogP contribution in [0.25, 0.3) is 0 Å². The van der Waals surface area contributed by atoms with Gasteiger partial charge in [-0.3, -0.25) is 4.79 Å². The number of carbonyl (C=O) groups excluding carboxylic acids is 1. The molecule has 0 saturated carbocycles. The van der Waals surface area contributed by atoms with Crippen molar-refractivity contribution >= 4 is 23.2 Å². The third kappa shape index (κ3) is 1.89. The molecule has 88 valence electrons. The Morgan fingerprint density at radius 3 is 2.82 bits per heavy atom. The smallest absolute Gasteiger partial charge is 0.171 e. The van der Waals surface area contributed by atoms with E-state index in [1.54, 1.807) is 11.8 Å². The molecule has 0 fully saturated rings. The summed E-state index contributed by atoms with van der Waals surface area (Å²) in [7, 11) is 0. The highest BCUT2D eigenvalue weighted by atomic mass is 32.2. The minimum Gasteiger partial charge on any atom is -0.357 e. The first-order chi connectivity index (χ1) is 8.05. The topological polar surface area (TPSA) is 29.1 Å². The summed E-state index contributed by atoms with van der Waals surface area (Å²) in [5.74, 6) is 0.281. The van der Waals surface area contributed by atoms with Gasteiger partial charge in [0.05, 0.1) is 10.6 Å². The predicted octanol–water partition coefficient (Wildman–Crippen LogP) is 3.80. The van der Waals surface area contributed by atoms with Crippen molar-refractivity contribution in [2.45, 2.75) is 31.6 Å². The number of thioether (sulfide) groups is 1. The van der Waals surface area contributed by atoms with Crippen LogP contribution in [0.15, 0.2) is 39.8 Å². The van der Waals surface area contributed by atoms with Crippen LogP contribution in [-0.2, 0) is 4.79 Å². The summed E-state index contributed by atoms with van der Waals surface area (Å²) in [6.07, 6.45) is 1.61. The zero-order valence-electron chi connectivity index (χ0n) is 10.0. The summed E-state index contributed by atoms with van der Waals surface area (Å²) >= 11 is 1.62. The van der Waals surface area contributed by atoms with Gasteiger partial charge in [-0.1, -0.05) is 37.7 Å². The highest BCUT2D eigenvalue weighted by molar-refractivity contribution is 8.04. The monoisotopic (exact) mass is 245 g/mol. The minimum absolute atomic E-state index is 0.0791. The molecule has 3 heteroatoms. The Balaban J connectivity index is 2.02. The average molecular weight is 245 g/mol. The summed E-state index contributed by atoms with van der Waals surface area (Å²) in [5.41, 5.74) is 2.31. The molecule has 0 spiro atoms. The quantitative estimate of drug-likeness (QED) is 0.753.